The molecule has 0 radical (unpaired) electrons. The predicted molar refractivity (Wildman–Crippen MR) is 179 cm³/mol. The van der Waals surface area contributed by atoms with Gasteiger partial charge < -0.3 is 19.7 Å². The van der Waals surface area contributed by atoms with Crippen LogP contribution in [0.15, 0.2) is 108 Å². The fourth-order valence-electron chi connectivity index (χ4n) is 5.05. The quantitative estimate of drug-likeness (QED) is 0.187. The van der Waals surface area contributed by atoms with E-state index in [1.807, 2.05) is 74.5 Å². The summed E-state index contributed by atoms with van der Waals surface area (Å²) in [5.74, 6) is -0.138. The number of nitrogens with zero attached hydrogens (tertiary/aromatic N) is 2. The summed E-state index contributed by atoms with van der Waals surface area (Å²) in [7, 11) is -1.31. The van der Waals surface area contributed by atoms with Crippen molar-refractivity contribution in [3.63, 3.8) is 0 Å². The predicted octanol–water partition coefficient (Wildman–Crippen LogP) is 5.37. The highest BCUT2D eigenvalue weighted by molar-refractivity contribution is 7.92. The maximum absolute atomic E-state index is 14.5. The summed E-state index contributed by atoms with van der Waals surface area (Å²) < 4.78 is 40.4. The zero-order chi connectivity index (χ0) is 33.1. The third-order valence-corrected chi connectivity index (χ3v) is 9.35. The average molecular weight is 644 g/mol. The van der Waals surface area contributed by atoms with Gasteiger partial charge in [0, 0.05) is 25.6 Å². The van der Waals surface area contributed by atoms with Crippen molar-refractivity contribution in [1.29, 1.82) is 0 Å². The summed E-state index contributed by atoms with van der Waals surface area (Å²) in [6, 6.07) is 29.0. The zero-order valence-electron chi connectivity index (χ0n) is 26.7. The van der Waals surface area contributed by atoms with Crippen LogP contribution in [0.1, 0.15) is 30.0 Å². The third kappa shape index (κ3) is 8.45. The molecule has 4 aromatic carbocycles. The van der Waals surface area contributed by atoms with E-state index in [0.717, 1.165) is 27.4 Å². The van der Waals surface area contributed by atoms with Crippen molar-refractivity contribution < 1.29 is 27.5 Å². The van der Waals surface area contributed by atoms with E-state index in [-0.39, 0.29) is 29.5 Å². The third-order valence-electron chi connectivity index (χ3n) is 7.56. The Morgan fingerprint density at radius 2 is 1.41 bits per heavy atom. The first-order valence-electron chi connectivity index (χ1n) is 15.1. The Hall–Kier alpha value is -4.83. The Morgan fingerprint density at radius 1 is 0.804 bits per heavy atom. The molecule has 0 saturated heterocycles. The van der Waals surface area contributed by atoms with Crippen LogP contribution >= 0.6 is 0 Å². The molecule has 0 heterocycles. The van der Waals surface area contributed by atoms with E-state index in [1.165, 1.54) is 37.3 Å². The number of carbonyl (C=O) groups is 2. The number of rotatable bonds is 15. The van der Waals surface area contributed by atoms with E-state index in [0.29, 0.717) is 18.0 Å². The van der Waals surface area contributed by atoms with Gasteiger partial charge in [-0.25, -0.2) is 8.42 Å². The summed E-state index contributed by atoms with van der Waals surface area (Å²) in [4.78, 5) is 29.8. The van der Waals surface area contributed by atoms with Crippen LogP contribution in [0.2, 0.25) is 0 Å². The summed E-state index contributed by atoms with van der Waals surface area (Å²) in [6.45, 7) is 3.79. The van der Waals surface area contributed by atoms with Gasteiger partial charge in [-0.3, -0.25) is 13.9 Å². The van der Waals surface area contributed by atoms with Crippen LogP contribution < -0.4 is 19.1 Å². The minimum atomic E-state index is -4.25. The topological polar surface area (TPSA) is 105 Å². The number of anilines is 1. The second-order valence-electron chi connectivity index (χ2n) is 10.9. The highest BCUT2D eigenvalue weighted by Crippen LogP contribution is 2.34. The zero-order valence-corrected chi connectivity index (χ0v) is 27.5. The fraction of sp³-hybridized carbons (Fsp3) is 0.278. The molecular weight excluding hydrogens is 602 g/mol. The lowest BCUT2D eigenvalue weighted by Gasteiger charge is -2.34. The number of amides is 2. The van der Waals surface area contributed by atoms with Gasteiger partial charge in [0.05, 0.1) is 24.8 Å². The van der Waals surface area contributed by atoms with Crippen LogP contribution in [0.4, 0.5) is 5.69 Å². The van der Waals surface area contributed by atoms with Crippen LogP contribution in [0.25, 0.3) is 0 Å². The van der Waals surface area contributed by atoms with Crippen LogP contribution in [-0.4, -0.2) is 58.5 Å². The maximum Gasteiger partial charge on any atom is 0.264 e. The number of benzene rings is 4. The molecule has 1 atom stereocenters. The van der Waals surface area contributed by atoms with Gasteiger partial charge in [0.2, 0.25) is 11.8 Å². The molecule has 0 saturated carbocycles. The Balaban J connectivity index is 1.82. The van der Waals surface area contributed by atoms with E-state index in [4.69, 9.17) is 9.47 Å². The Bertz CT molecular complexity index is 1700. The lowest BCUT2D eigenvalue weighted by molar-refractivity contribution is -0.140. The summed E-state index contributed by atoms with van der Waals surface area (Å²) >= 11 is 0. The van der Waals surface area contributed by atoms with Gasteiger partial charge >= 0.3 is 0 Å². The van der Waals surface area contributed by atoms with Crippen molar-refractivity contribution >= 4 is 27.5 Å². The number of sulfonamides is 1. The first kappa shape index (κ1) is 34.1. The smallest absolute Gasteiger partial charge is 0.264 e. The molecule has 10 heteroatoms. The highest BCUT2D eigenvalue weighted by atomic mass is 32.2. The fourth-order valence-corrected chi connectivity index (χ4v) is 6.45. The first-order valence-corrected chi connectivity index (χ1v) is 16.6. The molecule has 1 unspecified atom stereocenters. The summed E-state index contributed by atoms with van der Waals surface area (Å²) in [5.41, 5.74) is 2.77. The molecule has 9 nitrogen and oxygen atoms in total. The van der Waals surface area contributed by atoms with Crippen LogP contribution in [0.3, 0.4) is 0 Å². The molecule has 0 aliphatic rings. The van der Waals surface area contributed by atoms with E-state index in [1.54, 1.807) is 24.3 Å². The Kier molecular flexibility index (Phi) is 11.8. The molecule has 0 aromatic heterocycles. The number of methoxy groups -OCH3 is 2. The van der Waals surface area contributed by atoms with Crippen molar-refractivity contribution in [3.05, 3.63) is 120 Å². The standard InChI is InChI=1S/C36H41N3O6S/c1-5-22-37-36(41)32(23-28-12-8-6-9-13-28)38(25-29-14-10-7-11-15-29)35(40)26-39(30-18-21-33(44-3)34(24-30)45-4)46(42,43)31-19-16-27(2)17-20-31/h6-21,24,32H,5,22-23,25-26H2,1-4H3,(H,37,41). The molecule has 46 heavy (non-hydrogen) atoms. The van der Waals surface area contributed by atoms with E-state index >= 15 is 0 Å². The molecular formula is C36H41N3O6S. The normalized spacial score (nSPS) is 11.7. The highest BCUT2D eigenvalue weighted by Gasteiger charge is 2.35. The monoisotopic (exact) mass is 643 g/mol. The average Bonchev–Trinajstić information content (AvgIpc) is 3.08. The van der Waals surface area contributed by atoms with Gasteiger partial charge in [0.15, 0.2) is 11.5 Å². The number of aryl methyl sites for hydroxylation is 1. The van der Waals surface area contributed by atoms with Gasteiger partial charge in [-0.1, -0.05) is 85.3 Å². The molecule has 242 valence electrons. The van der Waals surface area contributed by atoms with E-state index in [2.05, 4.69) is 5.32 Å². The van der Waals surface area contributed by atoms with Crippen LogP contribution in [0.5, 0.6) is 11.5 Å². The van der Waals surface area contributed by atoms with Crippen molar-refractivity contribution in [2.75, 3.05) is 31.6 Å². The molecule has 0 aliphatic heterocycles. The van der Waals surface area contributed by atoms with Crippen molar-refractivity contribution in [1.82, 2.24) is 10.2 Å². The lowest BCUT2D eigenvalue weighted by atomic mass is 10.0. The molecule has 1 N–H and O–H groups in total. The lowest BCUT2D eigenvalue weighted by Crippen LogP contribution is -2.53. The number of carbonyl (C=O) groups excluding carboxylic acids is 2. The largest absolute Gasteiger partial charge is 0.493 e. The summed E-state index contributed by atoms with van der Waals surface area (Å²) in [6.07, 6.45) is 0.967. The molecule has 0 aliphatic carbocycles. The van der Waals surface area contributed by atoms with Gasteiger partial charge in [-0.2, -0.15) is 0 Å². The number of nitrogens with one attached hydrogen (secondary N) is 1. The molecule has 0 bridgehead atoms. The van der Waals surface area contributed by atoms with Crippen molar-refractivity contribution in [2.24, 2.45) is 0 Å². The van der Waals surface area contributed by atoms with Crippen molar-refractivity contribution in [3.8, 4) is 11.5 Å². The molecule has 0 spiro atoms. The maximum atomic E-state index is 14.5. The first-order chi connectivity index (χ1) is 22.2. The van der Waals surface area contributed by atoms with Gasteiger partial charge in [-0.05, 0) is 48.7 Å². The minimum Gasteiger partial charge on any atom is -0.493 e. The number of hydrogen-bond donors (Lipinski definition) is 1. The van der Waals surface area contributed by atoms with Gasteiger partial charge in [-0.15, -0.1) is 0 Å². The van der Waals surface area contributed by atoms with E-state index in [9.17, 15) is 18.0 Å². The molecule has 0 fully saturated rings. The molecule has 4 rings (SSSR count). The number of ether oxygens (including phenoxy) is 2. The second kappa shape index (κ2) is 15.9. The van der Waals surface area contributed by atoms with E-state index < -0.39 is 28.5 Å². The number of hydrogen-bond acceptors (Lipinski definition) is 6. The second-order valence-corrected chi connectivity index (χ2v) is 12.7. The minimum absolute atomic E-state index is 0.0248. The molecule has 2 amide bonds. The Morgan fingerprint density at radius 3 is 2.00 bits per heavy atom. The summed E-state index contributed by atoms with van der Waals surface area (Å²) in [5, 5.41) is 2.95. The van der Waals surface area contributed by atoms with Crippen LogP contribution in [-0.2, 0) is 32.6 Å². The molecule has 4 aromatic rings. The Labute approximate surface area is 271 Å². The van der Waals surface area contributed by atoms with Crippen LogP contribution in [0, 0.1) is 6.92 Å². The van der Waals surface area contributed by atoms with Gasteiger partial charge in [0.25, 0.3) is 10.0 Å². The van der Waals surface area contributed by atoms with Gasteiger partial charge in [0.1, 0.15) is 12.6 Å². The SMILES string of the molecule is CCCNC(=O)C(Cc1ccccc1)N(Cc1ccccc1)C(=O)CN(c1ccc(OC)c(OC)c1)S(=O)(=O)c1ccc(C)cc1. The van der Waals surface area contributed by atoms with Crippen molar-refractivity contribution in [2.45, 2.75) is 44.2 Å².